The van der Waals surface area contributed by atoms with Crippen LogP contribution in [0.25, 0.3) is 5.69 Å². The summed E-state index contributed by atoms with van der Waals surface area (Å²) in [6, 6.07) is 5.84. The van der Waals surface area contributed by atoms with Crippen molar-refractivity contribution >= 4 is 37.8 Å². The largest absolute Gasteiger partial charge is 0.476 e. The van der Waals surface area contributed by atoms with Gasteiger partial charge >= 0.3 is 5.97 Å². The van der Waals surface area contributed by atoms with Crippen LogP contribution >= 0.6 is 31.9 Å². The Hall–Kier alpha value is -1.14. The van der Waals surface area contributed by atoms with Gasteiger partial charge in [-0.2, -0.15) is 5.10 Å². The average Bonchev–Trinajstić information content (AvgIpc) is 2.66. The first-order chi connectivity index (χ1) is 9.62. The summed E-state index contributed by atoms with van der Waals surface area (Å²) < 4.78 is 3.23. The maximum Gasteiger partial charge on any atom is 0.357 e. The molecular formula is C15H16Br2N2O2. The van der Waals surface area contributed by atoms with Crippen LogP contribution in [0.2, 0.25) is 0 Å². The van der Waals surface area contributed by atoms with Crippen LogP contribution in [-0.4, -0.2) is 20.9 Å². The fourth-order valence-electron chi connectivity index (χ4n) is 2.21. The highest BCUT2D eigenvalue weighted by Gasteiger charge is 2.29. The minimum absolute atomic E-state index is 0.0299. The van der Waals surface area contributed by atoms with Crippen LogP contribution in [0.5, 0.6) is 0 Å². The number of aromatic nitrogens is 2. The van der Waals surface area contributed by atoms with Gasteiger partial charge in [0.2, 0.25) is 0 Å². The van der Waals surface area contributed by atoms with Gasteiger partial charge in [0, 0.05) is 9.89 Å². The molecule has 0 aliphatic carbocycles. The van der Waals surface area contributed by atoms with Crippen molar-refractivity contribution < 1.29 is 9.90 Å². The monoisotopic (exact) mass is 414 g/mol. The van der Waals surface area contributed by atoms with Crippen molar-refractivity contribution in [3.63, 3.8) is 0 Å². The first kappa shape index (κ1) is 16.2. The van der Waals surface area contributed by atoms with Crippen molar-refractivity contribution in [1.29, 1.82) is 0 Å². The Morgan fingerprint density at radius 3 is 2.38 bits per heavy atom. The molecule has 2 aromatic rings. The standard InChI is InChI=1S/C15H16Br2N2O2/c1-8-7-9(16)5-6-10(8)19-13(15(2,3)4)11(17)12(18-19)14(20)21/h5-7H,1-4H3,(H,20,21). The predicted octanol–water partition coefficient (Wildman–Crippen LogP) is 4.70. The number of hydrogen-bond donors (Lipinski definition) is 1. The van der Waals surface area contributed by atoms with E-state index in [0.29, 0.717) is 4.47 Å². The molecule has 0 radical (unpaired) electrons. The molecule has 0 amide bonds. The molecule has 21 heavy (non-hydrogen) atoms. The van der Waals surface area contributed by atoms with Crippen LogP contribution in [0.15, 0.2) is 27.1 Å². The summed E-state index contributed by atoms with van der Waals surface area (Å²) in [6.07, 6.45) is 0. The van der Waals surface area contributed by atoms with E-state index in [1.807, 2.05) is 45.9 Å². The number of carboxylic acids is 1. The van der Waals surface area contributed by atoms with E-state index >= 15 is 0 Å². The molecular weight excluding hydrogens is 400 g/mol. The lowest BCUT2D eigenvalue weighted by atomic mass is 9.91. The quantitative estimate of drug-likeness (QED) is 0.773. The molecule has 4 nitrogen and oxygen atoms in total. The number of nitrogens with zero attached hydrogens (tertiary/aromatic N) is 2. The summed E-state index contributed by atoms with van der Waals surface area (Å²) >= 11 is 6.84. The zero-order valence-electron chi connectivity index (χ0n) is 12.2. The van der Waals surface area contributed by atoms with Crippen LogP contribution in [0.3, 0.4) is 0 Å². The van der Waals surface area contributed by atoms with Gasteiger partial charge in [0.25, 0.3) is 0 Å². The van der Waals surface area contributed by atoms with Gasteiger partial charge in [-0.25, -0.2) is 9.48 Å². The summed E-state index contributed by atoms with van der Waals surface area (Å²) in [6.45, 7) is 8.07. The number of carboxylic acid groups (broad SMARTS) is 1. The molecule has 0 unspecified atom stereocenters. The lowest BCUT2D eigenvalue weighted by Crippen LogP contribution is -2.18. The van der Waals surface area contributed by atoms with Crippen molar-refractivity contribution in [3.05, 3.63) is 44.1 Å². The Labute approximate surface area is 140 Å². The van der Waals surface area contributed by atoms with Crippen molar-refractivity contribution in [2.45, 2.75) is 33.1 Å². The topological polar surface area (TPSA) is 55.1 Å². The zero-order chi connectivity index (χ0) is 15.9. The van der Waals surface area contributed by atoms with Crippen LogP contribution < -0.4 is 0 Å². The second-order valence-electron chi connectivity index (χ2n) is 5.91. The molecule has 0 aliphatic heterocycles. The molecule has 0 fully saturated rings. The molecule has 1 aromatic carbocycles. The SMILES string of the molecule is Cc1cc(Br)ccc1-n1nc(C(=O)O)c(Br)c1C(C)(C)C. The second kappa shape index (κ2) is 5.57. The Morgan fingerprint density at radius 2 is 1.90 bits per heavy atom. The molecule has 0 aliphatic rings. The lowest BCUT2D eigenvalue weighted by Gasteiger charge is -2.22. The van der Waals surface area contributed by atoms with E-state index in [9.17, 15) is 9.90 Å². The third-order valence-electron chi connectivity index (χ3n) is 3.13. The summed E-state index contributed by atoms with van der Waals surface area (Å²) in [7, 11) is 0. The van der Waals surface area contributed by atoms with Gasteiger partial charge < -0.3 is 5.11 Å². The number of aryl methyl sites for hydroxylation is 1. The van der Waals surface area contributed by atoms with Crippen molar-refractivity contribution in [2.24, 2.45) is 0 Å². The van der Waals surface area contributed by atoms with Gasteiger partial charge in [0.1, 0.15) is 0 Å². The van der Waals surface area contributed by atoms with Gasteiger partial charge in [-0.05, 0) is 46.6 Å². The summed E-state index contributed by atoms with van der Waals surface area (Å²) in [5.74, 6) is -1.04. The van der Waals surface area contributed by atoms with Gasteiger partial charge in [0.05, 0.1) is 15.9 Å². The highest BCUT2D eigenvalue weighted by molar-refractivity contribution is 9.10. The average molecular weight is 416 g/mol. The van der Waals surface area contributed by atoms with Crippen molar-refractivity contribution in [1.82, 2.24) is 9.78 Å². The molecule has 1 aromatic heterocycles. The maximum absolute atomic E-state index is 11.4. The maximum atomic E-state index is 11.4. The number of halogens is 2. The molecule has 0 saturated carbocycles. The highest BCUT2D eigenvalue weighted by Crippen LogP contribution is 2.35. The minimum atomic E-state index is -1.04. The summed E-state index contributed by atoms with van der Waals surface area (Å²) in [5.41, 5.74) is 2.50. The fraction of sp³-hybridized carbons (Fsp3) is 0.333. The van der Waals surface area contributed by atoms with Gasteiger partial charge in [-0.15, -0.1) is 0 Å². The minimum Gasteiger partial charge on any atom is -0.476 e. The molecule has 1 N–H and O–H groups in total. The first-order valence-electron chi connectivity index (χ1n) is 6.41. The molecule has 0 atom stereocenters. The zero-order valence-corrected chi connectivity index (χ0v) is 15.4. The Morgan fingerprint density at radius 1 is 1.29 bits per heavy atom. The smallest absolute Gasteiger partial charge is 0.357 e. The van der Waals surface area contributed by atoms with Gasteiger partial charge in [-0.3, -0.25) is 0 Å². The van der Waals surface area contributed by atoms with E-state index in [1.54, 1.807) is 4.68 Å². The number of hydrogen-bond acceptors (Lipinski definition) is 2. The van der Waals surface area contributed by atoms with Crippen molar-refractivity contribution in [2.75, 3.05) is 0 Å². The summed E-state index contributed by atoms with van der Waals surface area (Å²) in [4.78, 5) is 11.4. The predicted molar refractivity (Wildman–Crippen MR) is 89.4 cm³/mol. The van der Waals surface area contributed by atoms with Crippen LogP contribution in [0.1, 0.15) is 42.5 Å². The van der Waals surface area contributed by atoms with Crippen LogP contribution in [0.4, 0.5) is 0 Å². The Kier molecular flexibility index (Phi) is 4.31. The van der Waals surface area contributed by atoms with Crippen LogP contribution in [-0.2, 0) is 5.41 Å². The molecule has 0 saturated heterocycles. The lowest BCUT2D eigenvalue weighted by molar-refractivity contribution is 0.0689. The summed E-state index contributed by atoms with van der Waals surface area (Å²) in [5, 5.41) is 13.6. The first-order valence-corrected chi connectivity index (χ1v) is 8.00. The second-order valence-corrected chi connectivity index (χ2v) is 7.62. The third-order valence-corrected chi connectivity index (χ3v) is 4.37. The Bertz CT molecular complexity index is 715. The number of aromatic carboxylic acids is 1. The van der Waals surface area contributed by atoms with E-state index in [4.69, 9.17) is 0 Å². The van der Waals surface area contributed by atoms with E-state index in [2.05, 4.69) is 37.0 Å². The Balaban J connectivity index is 2.79. The normalized spacial score (nSPS) is 11.7. The molecule has 1 heterocycles. The van der Waals surface area contributed by atoms with Crippen LogP contribution in [0, 0.1) is 6.92 Å². The van der Waals surface area contributed by atoms with Gasteiger partial charge in [-0.1, -0.05) is 36.7 Å². The van der Waals surface area contributed by atoms with E-state index in [-0.39, 0.29) is 11.1 Å². The fourth-order valence-corrected chi connectivity index (χ4v) is 3.70. The number of benzene rings is 1. The van der Waals surface area contributed by atoms with E-state index < -0.39 is 5.97 Å². The third kappa shape index (κ3) is 3.06. The van der Waals surface area contributed by atoms with E-state index in [1.165, 1.54) is 0 Å². The number of rotatable bonds is 2. The highest BCUT2D eigenvalue weighted by atomic mass is 79.9. The molecule has 2 rings (SSSR count). The molecule has 6 heteroatoms. The molecule has 0 spiro atoms. The number of carbonyl (C=O) groups is 1. The van der Waals surface area contributed by atoms with E-state index in [0.717, 1.165) is 21.4 Å². The molecule has 112 valence electrons. The van der Waals surface area contributed by atoms with Crippen molar-refractivity contribution in [3.8, 4) is 5.69 Å². The van der Waals surface area contributed by atoms with Gasteiger partial charge in [0.15, 0.2) is 5.69 Å². The molecule has 0 bridgehead atoms.